The Morgan fingerprint density at radius 2 is 1.03 bits per heavy atom. The lowest BCUT2D eigenvalue weighted by atomic mass is 9.85. The van der Waals surface area contributed by atoms with Crippen LogP contribution >= 0.6 is 15.9 Å². The molecule has 0 aliphatic heterocycles. The fraction of sp³-hybridized carbons (Fsp3) is 0. The molecular formula is C29H18BrN. The highest BCUT2D eigenvalue weighted by Gasteiger charge is 2.17. The van der Waals surface area contributed by atoms with Crippen LogP contribution in [0, 0.1) is 0 Å². The Morgan fingerprint density at radius 1 is 0.484 bits per heavy atom. The van der Waals surface area contributed by atoms with Gasteiger partial charge < -0.3 is 0 Å². The summed E-state index contributed by atoms with van der Waals surface area (Å²) in [5, 5.41) is 7.54. The van der Waals surface area contributed by atoms with Crippen molar-refractivity contribution in [2.75, 3.05) is 0 Å². The number of nitrogens with zero attached hydrogens (tertiary/aromatic N) is 1. The van der Waals surface area contributed by atoms with Crippen LogP contribution in [0.3, 0.4) is 0 Å². The molecule has 0 N–H and O–H groups in total. The third-order valence-corrected chi connectivity index (χ3v) is 6.48. The highest BCUT2D eigenvalue weighted by Crippen LogP contribution is 2.44. The van der Waals surface area contributed by atoms with Crippen LogP contribution in [0.4, 0.5) is 0 Å². The summed E-state index contributed by atoms with van der Waals surface area (Å²) >= 11 is 3.47. The predicted molar refractivity (Wildman–Crippen MR) is 135 cm³/mol. The summed E-state index contributed by atoms with van der Waals surface area (Å²) in [6.45, 7) is 0. The highest BCUT2D eigenvalue weighted by atomic mass is 79.9. The van der Waals surface area contributed by atoms with Gasteiger partial charge >= 0.3 is 0 Å². The molecule has 1 nitrogen and oxygen atoms in total. The summed E-state index contributed by atoms with van der Waals surface area (Å²) in [4.78, 5) is 4.51. The van der Waals surface area contributed by atoms with Gasteiger partial charge in [0.1, 0.15) is 4.60 Å². The molecule has 0 saturated carbocycles. The summed E-state index contributed by atoms with van der Waals surface area (Å²) in [5.41, 5.74) is 4.91. The molecule has 1 aromatic heterocycles. The van der Waals surface area contributed by atoms with Crippen LogP contribution in [0.2, 0.25) is 0 Å². The number of rotatable bonds is 2. The lowest BCUT2D eigenvalue weighted by Crippen LogP contribution is -1.92. The smallest absolute Gasteiger partial charge is 0.106 e. The molecule has 0 fully saturated rings. The maximum Gasteiger partial charge on any atom is 0.106 e. The first kappa shape index (κ1) is 18.3. The molecule has 1 heterocycles. The Bertz CT molecular complexity index is 1520. The van der Waals surface area contributed by atoms with Gasteiger partial charge in [-0.2, -0.15) is 0 Å². The minimum atomic E-state index is 0.845. The molecule has 0 aliphatic rings. The average Bonchev–Trinajstić information content (AvgIpc) is 2.83. The molecule has 0 saturated heterocycles. The molecule has 0 spiro atoms. The second-order valence-corrected chi connectivity index (χ2v) is 8.55. The number of hydrogen-bond donors (Lipinski definition) is 0. The standard InChI is InChI=1S/C29H18BrN/c30-27-17-16-20(18-31-27)28-23-11-3-5-13-25(23)29(26-14-6-4-12-24(26)28)22-15-7-9-19-8-1-2-10-21(19)22/h1-18H. The van der Waals surface area contributed by atoms with E-state index >= 15 is 0 Å². The number of aromatic nitrogens is 1. The Morgan fingerprint density at radius 3 is 1.65 bits per heavy atom. The third kappa shape index (κ3) is 2.95. The SMILES string of the molecule is Brc1ccc(-c2c3ccccc3c(-c3cccc4ccccc34)c3ccccc23)cn1. The second kappa shape index (κ2) is 7.33. The number of hydrogen-bond acceptors (Lipinski definition) is 1. The lowest BCUT2D eigenvalue weighted by molar-refractivity contribution is 1.28. The van der Waals surface area contributed by atoms with E-state index in [-0.39, 0.29) is 0 Å². The molecule has 6 rings (SSSR count). The Hall–Kier alpha value is -3.49. The molecule has 0 aliphatic carbocycles. The van der Waals surface area contributed by atoms with Crippen LogP contribution in [0.25, 0.3) is 54.6 Å². The van der Waals surface area contributed by atoms with Gasteiger partial charge in [-0.3, -0.25) is 0 Å². The van der Waals surface area contributed by atoms with E-state index in [4.69, 9.17) is 0 Å². The van der Waals surface area contributed by atoms with Crippen molar-refractivity contribution in [3.05, 3.63) is 114 Å². The van der Waals surface area contributed by atoms with Crippen LogP contribution in [-0.2, 0) is 0 Å². The zero-order chi connectivity index (χ0) is 20.8. The largest absolute Gasteiger partial charge is 0.249 e. The molecule has 5 aromatic carbocycles. The van der Waals surface area contributed by atoms with Gasteiger partial charge in [0.25, 0.3) is 0 Å². The molecule has 0 amide bonds. The van der Waals surface area contributed by atoms with Gasteiger partial charge in [-0.1, -0.05) is 97.1 Å². The predicted octanol–water partition coefficient (Wildman–Crippen LogP) is 8.64. The van der Waals surface area contributed by atoms with E-state index in [1.165, 1.54) is 49.0 Å². The molecule has 0 radical (unpaired) electrons. The molecule has 6 aromatic rings. The van der Waals surface area contributed by atoms with E-state index < -0.39 is 0 Å². The molecule has 0 atom stereocenters. The molecular weight excluding hydrogens is 442 g/mol. The van der Waals surface area contributed by atoms with E-state index in [0.29, 0.717) is 0 Å². The minimum Gasteiger partial charge on any atom is -0.249 e. The molecule has 0 unspecified atom stereocenters. The van der Waals surface area contributed by atoms with Crippen molar-refractivity contribution in [2.45, 2.75) is 0 Å². The second-order valence-electron chi connectivity index (χ2n) is 7.74. The highest BCUT2D eigenvalue weighted by molar-refractivity contribution is 9.10. The van der Waals surface area contributed by atoms with Crippen LogP contribution in [0.1, 0.15) is 0 Å². The fourth-order valence-corrected chi connectivity index (χ4v) is 4.93. The zero-order valence-electron chi connectivity index (χ0n) is 16.7. The summed E-state index contributed by atoms with van der Waals surface area (Å²) < 4.78 is 0.845. The van der Waals surface area contributed by atoms with Crippen molar-refractivity contribution < 1.29 is 0 Å². The van der Waals surface area contributed by atoms with Gasteiger partial charge in [0.2, 0.25) is 0 Å². The molecule has 2 heteroatoms. The minimum absolute atomic E-state index is 0.845. The first-order valence-corrected chi connectivity index (χ1v) is 11.1. The van der Waals surface area contributed by atoms with Crippen molar-refractivity contribution in [3.63, 3.8) is 0 Å². The van der Waals surface area contributed by atoms with E-state index in [9.17, 15) is 0 Å². The topological polar surface area (TPSA) is 12.9 Å². The van der Waals surface area contributed by atoms with Gasteiger partial charge in [0, 0.05) is 11.8 Å². The van der Waals surface area contributed by atoms with Gasteiger partial charge in [-0.25, -0.2) is 4.98 Å². The van der Waals surface area contributed by atoms with Crippen LogP contribution < -0.4 is 0 Å². The first-order chi connectivity index (χ1) is 15.3. The maximum atomic E-state index is 4.51. The first-order valence-electron chi connectivity index (χ1n) is 10.3. The average molecular weight is 460 g/mol. The molecule has 31 heavy (non-hydrogen) atoms. The van der Waals surface area contributed by atoms with Crippen molar-refractivity contribution in [3.8, 4) is 22.3 Å². The van der Waals surface area contributed by atoms with Crippen molar-refractivity contribution in [1.82, 2.24) is 4.98 Å². The maximum absolute atomic E-state index is 4.51. The van der Waals surface area contributed by atoms with E-state index in [2.05, 4.69) is 118 Å². The normalized spacial score (nSPS) is 11.4. The summed E-state index contributed by atoms with van der Waals surface area (Å²) in [6, 6.07) is 36.8. The monoisotopic (exact) mass is 459 g/mol. The number of benzene rings is 5. The van der Waals surface area contributed by atoms with Gasteiger partial charge in [-0.15, -0.1) is 0 Å². The van der Waals surface area contributed by atoms with Gasteiger partial charge in [0.05, 0.1) is 0 Å². The summed E-state index contributed by atoms with van der Waals surface area (Å²) in [5.74, 6) is 0. The lowest BCUT2D eigenvalue weighted by Gasteiger charge is -2.18. The number of halogens is 1. The van der Waals surface area contributed by atoms with E-state index in [0.717, 1.165) is 10.2 Å². The summed E-state index contributed by atoms with van der Waals surface area (Å²) in [7, 11) is 0. The fourth-order valence-electron chi connectivity index (χ4n) is 4.70. The van der Waals surface area contributed by atoms with Crippen LogP contribution in [0.15, 0.2) is 114 Å². The van der Waals surface area contributed by atoms with Gasteiger partial charge in [0.15, 0.2) is 0 Å². The Kier molecular flexibility index (Phi) is 4.33. The quantitative estimate of drug-likeness (QED) is 0.186. The molecule has 146 valence electrons. The summed E-state index contributed by atoms with van der Waals surface area (Å²) in [6.07, 6.45) is 1.95. The zero-order valence-corrected chi connectivity index (χ0v) is 18.3. The Balaban J connectivity index is 1.82. The van der Waals surface area contributed by atoms with E-state index in [1.54, 1.807) is 0 Å². The van der Waals surface area contributed by atoms with Crippen LogP contribution in [-0.4, -0.2) is 4.98 Å². The third-order valence-electron chi connectivity index (χ3n) is 6.01. The van der Waals surface area contributed by atoms with E-state index in [1.807, 2.05) is 12.3 Å². The Labute approximate surface area is 189 Å². The molecule has 0 bridgehead atoms. The number of pyridine rings is 1. The van der Waals surface area contributed by atoms with Gasteiger partial charge in [-0.05, 0) is 71.0 Å². The van der Waals surface area contributed by atoms with Crippen molar-refractivity contribution in [1.29, 1.82) is 0 Å². The van der Waals surface area contributed by atoms with Crippen molar-refractivity contribution in [2.24, 2.45) is 0 Å². The van der Waals surface area contributed by atoms with Crippen LogP contribution in [0.5, 0.6) is 0 Å². The van der Waals surface area contributed by atoms with Crippen molar-refractivity contribution >= 4 is 48.2 Å². The number of fused-ring (bicyclic) bond motifs is 3.